The fourth-order valence-electron chi connectivity index (χ4n) is 3.60. The number of carbonyl (C=O) groups excluding carboxylic acids is 1. The van der Waals surface area contributed by atoms with Gasteiger partial charge in [-0.05, 0) is 37.2 Å². The van der Waals surface area contributed by atoms with Gasteiger partial charge >= 0.3 is 0 Å². The molecule has 1 amide bonds. The lowest BCUT2D eigenvalue weighted by Gasteiger charge is -2.33. The van der Waals surface area contributed by atoms with E-state index in [2.05, 4.69) is 35.6 Å². The summed E-state index contributed by atoms with van der Waals surface area (Å²) in [6.45, 7) is 2.58. The largest absolute Gasteiger partial charge is 0.380 e. The SMILES string of the molecule is COC1CNC(C(=O)N2CCC(Cc3ccccc3)CC2)C1. The molecule has 0 saturated carbocycles. The third-order valence-electron chi connectivity index (χ3n) is 5.02. The number of hydrogen-bond acceptors (Lipinski definition) is 3. The van der Waals surface area contributed by atoms with Crippen LogP contribution in [-0.2, 0) is 16.0 Å². The Bertz CT molecular complexity index is 483. The van der Waals surface area contributed by atoms with E-state index in [1.807, 2.05) is 4.90 Å². The molecule has 120 valence electrons. The van der Waals surface area contributed by atoms with Gasteiger partial charge in [-0.3, -0.25) is 4.79 Å². The Morgan fingerprint density at radius 2 is 2.00 bits per heavy atom. The molecule has 0 bridgehead atoms. The molecule has 2 saturated heterocycles. The summed E-state index contributed by atoms with van der Waals surface area (Å²) in [6, 6.07) is 10.6. The molecule has 1 N–H and O–H groups in total. The maximum atomic E-state index is 12.5. The molecular formula is C18H26N2O2. The predicted octanol–water partition coefficient (Wildman–Crippen LogP) is 1.84. The molecule has 0 spiro atoms. The standard InChI is InChI=1S/C18H26N2O2/c1-22-16-12-17(19-13-16)18(21)20-9-7-15(8-10-20)11-14-5-3-2-4-6-14/h2-6,15-17,19H,7-13H2,1H3. The maximum absolute atomic E-state index is 12.5. The second kappa shape index (κ2) is 7.25. The number of rotatable bonds is 4. The van der Waals surface area contributed by atoms with Crippen LogP contribution in [0.15, 0.2) is 30.3 Å². The molecule has 3 rings (SSSR count). The first-order valence-electron chi connectivity index (χ1n) is 8.35. The molecule has 4 nitrogen and oxygen atoms in total. The number of carbonyl (C=O) groups is 1. The van der Waals surface area contributed by atoms with Gasteiger partial charge in [0, 0.05) is 26.7 Å². The van der Waals surface area contributed by atoms with Gasteiger partial charge in [0.2, 0.25) is 5.91 Å². The summed E-state index contributed by atoms with van der Waals surface area (Å²) in [4.78, 5) is 14.6. The topological polar surface area (TPSA) is 41.6 Å². The average Bonchev–Trinajstić information content (AvgIpc) is 3.05. The van der Waals surface area contributed by atoms with Crippen LogP contribution in [-0.4, -0.2) is 49.7 Å². The Labute approximate surface area is 132 Å². The van der Waals surface area contributed by atoms with Crippen molar-refractivity contribution in [2.45, 2.75) is 37.8 Å². The first kappa shape index (κ1) is 15.5. The lowest BCUT2D eigenvalue weighted by atomic mass is 9.90. The van der Waals surface area contributed by atoms with E-state index >= 15 is 0 Å². The molecule has 1 aromatic rings. The predicted molar refractivity (Wildman–Crippen MR) is 86.7 cm³/mol. The van der Waals surface area contributed by atoms with Crippen LogP contribution in [0.5, 0.6) is 0 Å². The fourth-order valence-corrected chi connectivity index (χ4v) is 3.60. The lowest BCUT2D eigenvalue weighted by Crippen LogP contribution is -2.47. The van der Waals surface area contributed by atoms with E-state index in [-0.39, 0.29) is 18.1 Å². The number of likely N-dealkylation sites (tertiary alicyclic amines) is 1. The van der Waals surface area contributed by atoms with E-state index in [0.717, 1.165) is 45.3 Å². The number of nitrogens with zero attached hydrogens (tertiary/aromatic N) is 1. The van der Waals surface area contributed by atoms with Crippen molar-refractivity contribution >= 4 is 5.91 Å². The minimum atomic E-state index is -0.0457. The molecule has 4 heteroatoms. The Morgan fingerprint density at radius 3 is 2.64 bits per heavy atom. The van der Waals surface area contributed by atoms with Gasteiger partial charge in [0.05, 0.1) is 12.1 Å². The van der Waals surface area contributed by atoms with Gasteiger partial charge in [0.1, 0.15) is 0 Å². The highest BCUT2D eigenvalue weighted by Gasteiger charge is 2.33. The lowest BCUT2D eigenvalue weighted by molar-refractivity contribution is -0.134. The van der Waals surface area contributed by atoms with Crippen molar-refractivity contribution in [1.82, 2.24) is 10.2 Å². The zero-order valence-corrected chi connectivity index (χ0v) is 13.3. The van der Waals surface area contributed by atoms with E-state index < -0.39 is 0 Å². The van der Waals surface area contributed by atoms with Gasteiger partial charge < -0.3 is 15.0 Å². The van der Waals surface area contributed by atoms with Gasteiger partial charge in [-0.25, -0.2) is 0 Å². The summed E-state index contributed by atoms with van der Waals surface area (Å²) in [5.74, 6) is 0.965. The van der Waals surface area contributed by atoms with Crippen molar-refractivity contribution in [3.05, 3.63) is 35.9 Å². The maximum Gasteiger partial charge on any atom is 0.239 e. The van der Waals surface area contributed by atoms with Crippen LogP contribution in [0.4, 0.5) is 0 Å². The van der Waals surface area contributed by atoms with Crippen molar-refractivity contribution < 1.29 is 9.53 Å². The summed E-state index contributed by atoms with van der Waals surface area (Å²) in [5, 5.41) is 3.29. The highest BCUT2D eigenvalue weighted by molar-refractivity contribution is 5.82. The minimum Gasteiger partial charge on any atom is -0.380 e. The number of benzene rings is 1. The highest BCUT2D eigenvalue weighted by Crippen LogP contribution is 2.23. The van der Waals surface area contributed by atoms with E-state index in [1.165, 1.54) is 5.56 Å². The van der Waals surface area contributed by atoms with Crippen molar-refractivity contribution in [2.75, 3.05) is 26.7 Å². The fraction of sp³-hybridized carbons (Fsp3) is 0.611. The summed E-state index contributed by atoms with van der Waals surface area (Å²) >= 11 is 0. The first-order valence-corrected chi connectivity index (χ1v) is 8.35. The molecule has 2 aliphatic rings. The van der Waals surface area contributed by atoms with Gasteiger partial charge in [-0.1, -0.05) is 30.3 Å². The van der Waals surface area contributed by atoms with Crippen molar-refractivity contribution in [1.29, 1.82) is 0 Å². The molecule has 2 unspecified atom stereocenters. The summed E-state index contributed by atoms with van der Waals surface area (Å²) < 4.78 is 5.33. The second-order valence-corrected chi connectivity index (χ2v) is 6.51. The van der Waals surface area contributed by atoms with Crippen LogP contribution in [0.3, 0.4) is 0 Å². The normalized spacial score (nSPS) is 26.3. The van der Waals surface area contributed by atoms with E-state index in [4.69, 9.17) is 4.74 Å². The van der Waals surface area contributed by atoms with Crippen molar-refractivity contribution in [3.63, 3.8) is 0 Å². The van der Waals surface area contributed by atoms with Gasteiger partial charge in [-0.2, -0.15) is 0 Å². The van der Waals surface area contributed by atoms with Crippen LogP contribution in [0.1, 0.15) is 24.8 Å². The van der Waals surface area contributed by atoms with Crippen molar-refractivity contribution in [2.24, 2.45) is 5.92 Å². The van der Waals surface area contributed by atoms with Gasteiger partial charge in [-0.15, -0.1) is 0 Å². The first-order chi connectivity index (χ1) is 10.8. The molecule has 2 aliphatic heterocycles. The van der Waals surface area contributed by atoms with Crippen LogP contribution >= 0.6 is 0 Å². The van der Waals surface area contributed by atoms with E-state index in [9.17, 15) is 4.79 Å². The molecule has 2 heterocycles. The Morgan fingerprint density at radius 1 is 1.27 bits per heavy atom. The third-order valence-corrected chi connectivity index (χ3v) is 5.02. The quantitative estimate of drug-likeness (QED) is 0.923. The molecule has 0 aromatic heterocycles. The molecule has 22 heavy (non-hydrogen) atoms. The summed E-state index contributed by atoms with van der Waals surface area (Å²) in [6.07, 6.45) is 4.35. The summed E-state index contributed by atoms with van der Waals surface area (Å²) in [7, 11) is 1.72. The number of amides is 1. The summed E-state index contributed by atoms with van der Waals surface area (Å²) in [5.41, 5.74) is 1.41. The van der Waals surface area contributed by atoms with Crippen molar-refractivity contribution in [3.8, 4) is 0 Å². The highest BCUT2D eigenvalue weighted by atomic mass is 16.5. The molecule has 0 radical (unpaired) electrons. The molecule has 2 fully saturated rings. The smallest absolute Gasteiger partial charge is 0.239 e. The number of piperidine rings is 1. The van der Waals surface area contributed by atoms with Crippen LogP contribution < -0.4 is 5.32 Å². The molecule has 0 aliphatic carbocycles. The average molecular weight is 302 g/mol. The zero-order chi connectivity index (χ0) is 15.4. The van der Waals surface area contributed by atoms with Crippen LogP contribution in [0, 0.1) is 5.92 Å². The monoisotopic (exact) mass is 302 g/mol. The molecule has 2 atom stereocenters. The minimum absolute atomic E-state index is 0.0457. The van der Waals surface area contributed by atoms with Crippen LogP contribution in [0.25, 0.3) is 0 Å². The van der Waals surface area contributed by atoms with E-state index in [1.54, 1.807) is 7.11 Å². The number of methoxy groups -OCH3 is 1. The third kappa shape index (κ3) is 3.68. The van der Waals surface area contributed by atoms with E-state index in [0.29, 0.717) is 5.92 Å². The van der Waals surface area contributed by atoms with Crippen LogP contribution in [0.2, 0.25) is 0 Å². The Hall–Kier alpha value is -1.39. The Balaban J connectivity index is 1.46. The second-order valence-electron chi connectivity index (χ2n) is 6.51. The molecule has 1 aromatic carbocycles. The Kier molecular flexibility index (Phi) is 5.11. The molecular weight excluding hydrogens is 276 g/mol. The number of hydrogen-bond donors (Lipinski definition) is 1. The number of nitrogens with one attached hydrogen (secondary N) is 1. The number of ether oxygens (including phenoxy) is 1. The van der Waals surface area contributed by atoms with Gasteiger partial charge in [0.15, 0.2) is 0 Å². The zero-order valence-electron chi connectivity index (χ0n) is 13.3. The van der Waals surface area contributed by atoms with Gasteiger partial charge in [0.25, 0.3) is 0 Å².